The minimum Gasteiger partial charge on any atom is -0.412 e. The number of hydrogen-bond acceptors (Lipinski definition) is 4. The summed E-state index contributed by atoms with van der Waals surface area (Å²) in [6.07, 6.45) is 0. The molecule has 1 aromatic rings. The zero-order chi connectivity index (χ0) is 7.72. The van der Waals surface area contributed by atoms with Gasteiger partial charge in [0.2, 0.25) is 0 Å². The highest BCUT2D eigenvalue weighted by molar-refractivity contribution is 5.86. The summed E-state index contributed by atoms with van der Waals surface area (Å²) in [6, 6.07) is 3.09. The van der Waals surface area contributed by atoms with Crippen LogP contribution in [0, 0.1) is 0 Å². The van der Waals surface area contributed by atoms with Crippen LogP contribution in [0.1, 0.15) is 0 Å². The molecule has 0 atom stereocenters. The molecule has 16 heavy (non-hydrogen) atoms. The van der Waals surface area contributed by atoms with Crippen LogP contribution in [0.3, 0.4) is 0 Å². The summed E-state index contributed by atoms with van der Waals surface area (Å²) < 4.78 is 0. The summed E-state index contributed by atoms with van der Waals surface area (Å²) in [6.45, 7) is 0. The molecule has 0 aliphatic carbocycles. The first kappa shape index (κ1) is 36.1. The number of benzene rings is 1. The quantitative estimate of drug-likeness (QED) is 0.496. The smallest absolute Gasteiger partial charge is 0.0570 e. The predicted octanol–water partition coefficient (Wildman–Crippen LogP) is 0.0532. The fourth-order valence-electron chi connectivity index (χ4n) is 0.668. The second-order valence-electron chi connectivity index (χ2n) is 2.11. The van der Waals surface area contributed by atoms with Crippen molar-refractivity contribution in [1.29, 1.82) is 0 Å². The minimum absolute atomic E-state index is 0. The van der Waals surface area contributed by atoms with Crippen LogP contribution in [0.5, 0.6) is 0 Å². The van der Waals surface area contributed by atoms with Gasteiger partial charge in [-0.05, 0) is 12.1 Å². The summed E-state index contributed by atoms with van der Waals surface area (Å²) in [5.41, 5.74) is 23.6. The summed E-state index contributed by atoms with van der Waals surface area (Å²) in [5.74, 6) is 0. The van der Waals surface area contributed by atoms with Crippen molar-refractivity contribution >= 4 is 72.4 Å². The standard InChI is InChI=1S/C6H10N4.4ClH.2H2O/c7-3-1-4(8)6(10)2-5(3)9;;;;;;/h1-2H,7-10H2;4*1H;2*1H2. The third kappa shape index (κ3) is 8.78. The van der Waals surface area contributed by atoms with E-state index in [-0.39, 0.29) is 60.6 Å². The van der Waals surface area contributed by atoms with Crippen LogP contribution < -0.4 is 22.9 Å². The molecule has 102 valence electrons. The molecule has 0 radical (unpaired) electrons. The number of halogens is 4. The molecule has 0 unspecified atom stereocenters. The Morgan fingerprint density at radius 2 is 0.625 bits per heavy atom. The Bertz CT molecular complexity index is 227. The van der Waals surface area contributed by atoms with Gasteiger partial charge in [0, 0.05) is 0 Å². The van der Waals surface area contributed by atoms with E-state index < -0.39 is 0 Å². The number of anilines is 4. The Morgan fingerprint density at radius 3 is 0.750 bits per heavy atom. The molecule has 0 saturated heterocycles. The molecule has 12 N–H and O–H groups in total. The number of nitrogens with two attached hydrogens (primary N) is 4. The monoisotopic (exact) mass is 318 g/mol. The Labute approximate surface area is 118 Å². The lowest BCUT2D eigenvalue weighted by molar-refractivity contribution is 0.823. The van der Waals surface area contributed by atoms with E-state index >= 15 is 0 Å². The highest BCUT2D eigenvalue weighted by atomic mass is 35.5. The van der Waals surface area contributed by atoms with Crippen LogP contribution in [0.2, 0.25) is 0 Å². The third-order valence-corrected chi connectivity index (χ3v) is 1.29. The Kier molecular flexibility index (Phi) is 32.7. The Hall–Kier alpha value is -0.500. The zero-order valence-electron chi connectivity index (χ0n) is 8.10. The maximum Gasteiger partial charge on any atom is 0.0570 e. The molecule has 1 rings (SSSR count). The van der Waals surface area contributed by atoms with E-state index in [1.54, 1.807) is 12.1 Å². The van der Waals surface area contributed by atoms with Gasteiger partial charge in [0.1, 0.15) is 0 Å². The van der Waals surface area contributed by atoms with E-state index in [1.165, 1.54) is 0 Å². The average Bonchev–Trinajstić information content (AvgIpc) is 1.84. The van der Waals surface area contributed by atoms with Gasteiger partial charge in [-0.15, -0.1) is 49.6 Å². The molecule has 0 amide bonds. The molecule has 0 aromatic heterocycles. The molecule has 0 bridgehead atoms. The van der Waals surface area contributed by atoms with Crippen LogP contribution >= 0.6 is 49.6 Å². The van der Waals surface area contributed by atoms with Crippen molar-refractivity contribution in [3.05, 3.63) is 12.1 Å². The van der Waals surface area contributed by atoms with Crippen LogP contribution in [0.4, 0.5) is 22.7 Å². The van der Waals surface area contributed by atoms with E-state index in [0.717, 1.165) is 0 Å². The fraction of sp³-hybridized carbons (Fsp3) is 0. The summed E-state index contributed by atoms with van der Waals surface area (Å²) in [5, 5.41) is 0. The van der Waals surface area contributed by atoms with E-state index in [0.29, 0.717) is 22.7 Å². The van der Waals surface area contributed by atoms with Crippen molar-refractivity contribution in [3.63, 3.8) is 0 Å². The van der Waals surface area contributed by atoms with Crippen molar-refractivity contribution in [1.82, 2.24) is 0 Å². The highest BCUT2D eigenvalue weighted by Gasteiger charge is 1.97. The Morgan fingerprint density at radius 1 is 0.500 bits per heavy atom. The molecule has 0 fully saturated rings. The van der Waals surface area contributed by atoms with Crippen molar-refractivity contribution in [3.8, 4) is 0 Å². The predicted molar refractivity (Wildman–Crippen MR) is 80.3 cm³/mol. The van der Waals surface area contributed by atoms with E-state index in [4.69, 9.17) is 22.9 Å². The first-order valence-electron chi connectivity index (χ1n) is 2.81. The van der Waals surface area contributed by atoms with Gasteiger partial charge >= 0.3 is 0 Å². The largest absolute Gasteiger partial charge is 0.412 e. The molecule has 0 aliphatic rings. The second-order valence-corrected chi connectivity index (χ2v) is 2.11. The van der Waals surface area contributed by atoms with Crippen molar-refractivity contribution in [2.75, 3.05) is 22.9 Å². The van der Waals surface area contributed by atoms with Gasteiger partial charge in [-0.2, -0.15) is 0 Å². The molecule has 1 aromatic carbocycles. The maximum absolute atomic E-state index is 5.43. The van der Waals surface area contributed by atoms with Gasteiger partial charge in [-0.3, -0.25) is 0 Å². The van der Waals surface area contributed by atoms with Crippen LogP contribution in [0.15, 0.2) is 12.1 Å². The van der Waals surface area contributed by atoms with Gasteiger partial charge in [0.05, 0.1) is 22.7 Å². The summed E-state index contributed by atoms with van der Waals surface area (Å²) in [4.78, 5) is 0. The van der Waals surface area contributed by atoms with Crippen LogP contribution in [-0.2, 0) is 0 Å². The molecule has 0 aliphatic heterocycles. The van der Waals surface area contributed by atoms with Crippen molar-refractivity contribution in [2.45, 2.75) is 0 Å². The first-order chi connectivity index (χ1) is 4.61. The van der Waals surface area contributed by atoms with Gasteiger partial charge < -0.3 is 33.9 Å². The second kappa shape index (κ2) is 14.5. The number of rotatable bonds is 0. The van der Waals surface area contributed by atoms with Gasteiger partial charge in [-0.1, -0.05) is 0 Å². The molecule has 6 nitrogen and oxygen atoms in total. The average molecular weight is 320 g/mol. The van der Waals surface area contributed by atoms with E-state index in [2.05, 4.69) is 0 Å². The van der Waals surface area contributed by atoms with Crippen LogP contribution in [0.25, 0.3) is 0 Å². The lowest BCUT2D eigenvalue weighted by Crippen LogP contribution is -2.00. The lowest BCUT2D eigenvalue weighted by atomic mass is 10.2. The van der Waals surface area contributed by atoms with Gasteiger partial charge in [-0.25, -0.2) is 0 Å². The summed E-state index contributed by atoms with van der Waals surface area (Å²) in [7, 11) is 0. The van der Waals surface area contributed by atoms with Gasteiger partial charge in [0.15, 0.2) is 0 Å². The van der Waals surface area contributed by atoms with Crippen molar-refractivity contribution in [2.24, 2.45) is 0 Å². The van der Waals surface area contributed by atoms with Crippen molar-refractivity contribution < 1.29 is 11.0 Å². The van der Waals surface area contributed by atoms with E-state index in [9.17, 15) is 0 Å². The molecule has 0 spiro atoms. The van der Waals surface area contributed by atoms with Gasteiger partial charge in [0.25, 0.3) is 0 Å². The third-order valence-electron chi connectivity index (χ3n) is 1.29. The zero-order valence-corrected chi connectivity index (χ0v) is 11.4. The SMILES string of the molecule is Cl.Cl.Cl.Cl.Nc1cc(N)c(N)cc1N.O.O. The maximum atomic E-state index is 5.43. The highest BCUT2D eigenvalue weighted by Crippen LogP contribution is 2.23. The number of hydrogen-bond donors (Lipinski definition) is 4. The Balaban J connectivity index is -0.0000000417. The molecule has 10 heteroatoms. The lowest BCUT2D eigenvalue weighted by Gasteiger charge is -2.03. The normalized spacial score (nSPS) is 6.00. The summed E-state index contributed by atoms with van der Waals surface area (Å²) >= 11 is 0. The molecular weight excluding hydrogens is 302 g/mol. The van der Waals surface area contributed by atoms with E-state index in [1.807, 2.05) is 0 Å². The number of nitrogen functional groups attached to an aromatic ring is 4. The topological polar surface area (TPSA) is 167 Å². The fourth-order valence-corrected chi connectivity index (χ4v) is 0.668. The molecular formula is C6H18Cl4N4O2. The molecule has 0 saturated carbocycles. The molecule has 0 heterocycles. The van der Waals surface area contributed by atoms with Crippen LogP contribution in [-0.4, -0.2) is 11.0 Å². The first-order valence-corrected chi connectivity index (χ1v) is 2.81. The minimum atomic E-state index is 0.